The number of hydrogen-bond donors (Lipinski definition) is 1. The van der Waals surface area contributed by atoms with E-state index >= 15 is 0 Å². The van der Waals surface area contributed by atoms with Crippen molar-refractivity contribution in [2.24, 2.45) is 0 Å². The normalized spacial score (nSPS) is 13.0. The summed E-state index contributed by atoms with van der Waals surface area (Å²) in [6.07, 6.45) is 15.7. The summed E-state index contributed by atoms with van der Waals surface area (Å²) in [7, 11) is 2.03. The van der Waals surface area contributed by atoms with Crippen LogP contribution >= 0.6 is 8.60 Å². The summed E-state index contributed by atoms with van der Waals surface area (Å²) in [6, 6.07) is 8.07. The van der Waals surface area contributed by atoms with Crippen LogP contribution in [0.5, 0.6) is 5.75 Å². The third kappa shape index (κ3) is 18.9. The average molecular weight is 528 g/mol. The summed E-state index contributed by atoms with van der Waals surface area (Å²) in [5.74, 6) is 0.713. The molecule has 0 saturated carbocycles. The zero-order chi connectivity index (χ0) is 26.3. The zero-order valence-electron chi connectivity index (χ0n) is 22.9. The lowest BCUT2D eigenvalue weighted by Gasteiger charge is -2.18. The molecule has 0 amide bonds. The molecule has 36 heavy (non-hydrogen) atoms. The fourth-order valence-electron chi connectivity index (χ4n) is 3.82. The summed E-state index contributed by atoms with van der Waals surface area (Å²) in [5.41, 5.74) is 1.31. The van der Waals surface area contributed by atoms with Crippen LogP contribution in [0, 0.1) is 0 Å². The van der Waals surface area contributed by atoms with Gasteiger partial charge in [0.25, 0.3) is 6.47 Å². The van der Waals surface area contributed by atoms with E-state index in [1.807, 2.05) is 26.2 Å². The molecule has 2 atom stereocenters. The predicted molar refractivity (Wildman–Crippen MR) is 147 cm³/mol. The van der Waals surface area contributed by atoms with Gasteiger partial charge in [-0.2, -0.15) is 0 Å². The number of carbonyl (C=O) groups is 1. The zero-order valence-corrected chi connectivity index (χ0v) is 23.8. The van der Waals surface area contributed by atoms with Crippen molar-refractivity contribution in [2.45, 2.75) is 96.5 Å². The molecule has 1 aromatic rings. The topological polar surface area (TPSA) is 77.5 Å². The molecular weight excluding hydrogens is 477 g/mol. The standard InChI is InChI=1S/C28H50NO6P/c1-4-5-6-7-8-9-10-11-12-13-16-26-17-19-27(20-18-26)32-23-28(33-25-30)24-35-36(31)34-22-15-14-21-29(2)3/h17-20,25,28,31H,4-16,21-24H2,1-3H3. The van der Waals surface area contributed by atoms with Gasteiger partial charge in [0.05, 0.1) is 13.2 Å². The molecular formula is C28H50NO6P. The van der Waals surface area contributed by atoms with Gasteiger partial charge in [-0.25, -0.2) is 0 Å². The van der Waals surface area contributed by atoms with E-state index in [9.17, 15) is 9.69 Å². The Kier molecular flexibility index (Phi) is 20.9. The van der Waals surface area contributed by atoms with Gasteiger partial charge in [0.1, 0.15) is 12.4 Å². The van der Waals surface area contributed by atoms with Crippen molar-refractivity contribution in [1.82, 2.24) is 4.90 Å². The van der Waals surface area contributed by atoms with E-state index in [2.05, 4.69) is 24.0 Å². The van der Waals surface area contributed by atoms with Crippen LogP contribution < -0.4 is 4.74 Å². The molecule has 0 fully saturated rings. The van der Waals surface area contributed by atoms with Gasteiger partial charge in [0.2, 0.25) is 0 Å². The molecule has 1 aromatic carbocycles. The summed E-state index contributed by atoms with van der Waals surface area (Å²) in [4.78, 5) is 22.8. The Hall–Kier alpha value is -1.24. The van der Waals surface area contributed by atoms with E-state index in [4.69, 9.17) is 18.5 Å². The minimum atomic E-state index is -2.01. The molecule has 0 radical (unpaired) electrons. The van der Waals surface area contributed by atoms with Crippen LogP contribution in [-0.4, -0.2) is 62.8 Å². The number of rotatable bonds is 25. The van der Waals surface area contributed by atoms with Crippen LogP contribution in [0.1, 0.15) is 89.5 Å². The molecule has 0 bridgehead atoms. The van der Waals surface area contributed by atoms with Crippen molar-refractivity contribution in [3.8, 4) is 5.75 Å². The first kappa shape index (κ1) is 32.8. The Morgan fingerprint density at radius 3 is 2.11 bits per heavy atom. The summed E-state index contributed by atoms with van der Waals surface area (Å²) in [6.45, 7) is 4.18. The fourth-order valence-corrected chi connectivity index (χ4v) is 4.47. The summed E-state index contributed by atoms with van der Waals surface area (Å²) < 4.78 is 21.4. The van der Waals surface area contributed by atoms with E-state index in [-0.39, 0.29) is 13.2 Å². The molecule has 8 heteroatoms. The second kappa shape index (κ2) is 22.9. The van der Waals surface area contributed by atoms with Gasteiger partial charge in [-0.15, -0.1) is 0 Å². The van der Waals surface area contributed by atoms with Gasteiger partial charge in [0.15, 0.2) is 6.10 Å². The molecule has 2 unspecified atom stereocenters. The van der Waals surface area contributed by atoms with Crippen LogP contribution in [0.4, 0.5) is 0 Å². The number of unbranched alkanes of at least 4 members (excludes halogenated alkanes) is 10. The molecule has 0 spiro atoms. The molecule has 0 aliphatic heterocycles. The highest BCUT2D eigenvalue weighted by atomic mass is 31.2. The lowest BCUT2D eigenvalue weighted by Crippen LogP contribution is -2.26. The van der Waals surface area contributed by atoms with E-state index < -0.39 is 14.7 Å². The first-order valence-electron chi connectivity index (χ1n) is 13.8. The average Bonchev–Trinajstić information content (AvgIpc) is 2.87. The molecule has 0 aliphatic rings. The van der Waals surface area contributed by atoms with E-state index in [1.165, 1.54) is 69.8 Å². The highest BCUT2D eigenvalue weighted by molar-refractivity contribution is 7.40. The van der Waals surface area contributed by atoms with Crippen LogP contribution in [0.25, 0.3) is 0 Å². The van der Waals surface area contributed by atoms with E-state index in [0.29, 0.717) is 18.8 Å². The number of carbonyl (C=O) groups excluding carboxylic acids is 1. The molecule has 0 aliphatic carbocycles. The number of hydrogen-bond acceptors (Lipinski definition) is 7. The Morgan fingerprint density at radius 2 is 1.50 bits per heavy atom. The Morgan fingerprint density at radius 1 is 0.861 bits per heavy atom. The Bertz CT molecular complexity index is 631. The van der Waals surface area contributed by atoms with Crippen molar-refractivity contribution < 1.29 is 28.2 Å². The molecule has 7 nitrogen and oxygen atoms in total. The number of benzene rings is 1. The second-order valence-corrected chi connectivity index (χ2v) is 10.6. The predicted octanol–water partition coefficient (Wildman–Crippen LogP) is 6.66. The maximum atomic E-state index is 10.8. The SMILES string of the molecule is CCCCCCCCCCCCc1ccc(OCC(COP(O)OCCCCN(C)C)OC=O)cc1. The lowest BCUT2D eigenvalue weighted by atomic mass is 10.0. The van der Waals surface area contributed by atoms with Gasteiger partial charge in [-0.3, -0.25) is 4.79 Å². The molecule has 1 rings (SSSR count). The van der Waals surface area contributed by atoms with Crippen molar-refractivity contribution in [3.63, 3.8) is 0 Å². The third-order valence-electron chi connectivity index (χ3n) is 6.00. The Balaban J connectivity index is 2.17. The lowest BCUT2D eigenvalue weighted by molar-refractivity contribution is -0.136. The quantitative estimate of drug-likeness (QED) is 0.0865. The minimum absolute atomic E-state index is 0.00939. The van der Waals surface area contributed by atoms with Gasteiger partial charge in [-0.05, 0) is 64.0 Å². The van der Waals surface area contributed by atoms with E-state index in [1.54, 1.807) is 0 Å². The first-order chi connectivity index (χ1) is 17.5. The van der Waals surface area contributed by atoms with Crippen molar-refractivity contribution in [1.29, 1.82) is 0 Å². The van der Waals surface area contributed by atoms with Crippen LogP contribution in [0.3, 0.4) is 0 Å². The van der Waals surface area contributed by atoms with Crippen LogP contribution in [-0.2, 0) is 25.0 Å². The van der Waals surface area contributed by atoms with Gasteiger partial charge in [-0.1, -0.05) is 76.8 Å². The van der Waals surface area contributed by atoms with Crippen LogP contribution in [0.2, 0.25) is 0 Å². The molecule has 0 heterocycles. The smallest absolute Gasteiger partial charge is 0.329 e. The maximum Gasteiger partial charge on any atom is 0.329 e. The van der Waals surface area contributed by atoms with E-state index in [0.717, 1.165) is 25.8 Å². The molecule has 1 N–H and O–H groups in total. The first-order valence-corrected chi connectivity index (χ1v) is 14.9. The van der Waals surface area contributed by atoms with Crippen molar-refractivity contribution in [2.75, 3.05) is 40.5 Å². The number of nitrogens with zero attached hydrogens (tertiary/aromatic N) is 1. The van der Waals surface area contributed by atoms with Crippen LogP contribution in [0.15, 0.2) is 24.3 Å². The minimum Gasteiger partial charge on any atom is -0.490 e. The Labute approximate surface area is 220 Å². The van der Waals surface area contributed by atoms with Crippen molar-refractivity contribution >= 4 is 15.1 Å². The van der Waals surface area contributed by atoms with Gasteiger partial charge in [0, 0.05) is 0 Å². The largest absolute Gasteiger partial charge is 0.490 e. The third-order valence-corrected chi connectivity index (χ3v) is 6.77. The maximum absolute atomic E-state index is 10.8. The summed E-state index contributed by atoms with van der Waals surface area (Å²) >= 11 is 0. The van der Waals surface area contributed by atoms with Gasteiger partial charge >= 0.3 is 8.60 Å². The van der Waals surface area contributed by atoms with Gasteiger partial charge < -0.3 is 28.3 Å². The highest BCUT2D eigenvalue weighted by Crippen LogP contribution is 2.33. The molecule has 208 valence electrons. The number of ether oxygens (including phenoxy) is 2. The summed E-state index contributed by atoms with van der Waals surface area (Å²) in [5, 5.41) is 0. The highest BCUT2D eigenvalue weighted by Gasteiger charge is 2.16. The molecule has 0 saturated heterocycles. The second-order valence-electron chi connectivity index (χ2n) is 9.62. The fraction of sp³-hybridized carbons (Fsp3) is 0.750. The molecule has 0 aromatic heterocycles. The monoisotopic (exact) mass is 527 g/mol. The van der Waals surface area contributed by atoms with Crippen molar-refractivity contribution in [3.05, 3.63) is 29.8 Å². The number of aryl methyl sites for hydroxylation is 1.